The number of ether oxygens (including phenoxy) is 10. The number of halogens is 3. The van der Waals surface area contributed by atoms with Crippen LogP contribution >= 0.6 is 11.3 Å². The monoisotopic (exact) mass is 962 g/mol. The summed E-state index contributed by atoms with van der Waals surface area (Å²) in [6.07, 6.45) is -1.69. The molecule has 0 bridgehead atoms. The molecule has 374 valence electrons. The largest absolute Gasteiger partial charge is 0.481 e. The zero-order valence-corrected chi connectivity index (χ0v) is 38.9. The number of carbonyl (C=O) groups is 2. The van der Waals surface area contributed by atoms with E-state index in [2.05, 4.69) is 10.3 Å². The number of nitrogens with one attached hydrogen (secondary N) is 1. The lowest BCUT2D eigenvalue weighted by atomic mass is 10.0. The van der Waals surface area contributed by atoms with Crippen molar-refractivity contribution in [3.8, 4) is 0 Å². The van der Waals surface area contributed by atoms with Gasteiger partial charge in [0.15, 0.2) is 5.78 Å². The highest BCUT2D eigenvalue weighted by atomic mass is 32.1. The number of thiophene rings is 1. The molecular weight excluding hydrogens is 894 g/mol. The summed E-state index contributed by atoms with van der Waals surface area (Å²) in [6.45, 7) is 9.50. The Morgan fingerprint density at radius 3 is 1.70 bits per heavy atom. The molecule has 2 aromatic rings. The highest BCUT2D eigenvalue weighted by molar-refractivity contribution is 7.11. The van der Waals surface area contributed by atoms with Crippen LogP contribution in [-0.4, -0.2) is 180 Å². The van der Waals surface area contributed by atoms with Crippen molar-refractivity contribution in [2.75, 3.05) is 152 Å². The van der Waals surface area contributed by atoms with Gasteiger partial charge in [-0.05, 0) is 54.7 Å². The number of carboxylic acid groups (broad SMARTS) is 1. The van der Waals surface area contributed by atoms with Crippen molar-refractivity contribution in [3.05, 3.63) is 56.8 Å². The fraction of sp³-hybridized carbons (Fsp3) is 0.667. The van der Waals surface area contributed by atoms with E-state index >= 15 is 0 Å². The molecule has 2 heterocycles. The zero-order chi connectivity index (χ0) is 47.5. The maximum atomic E-state index is 14.0. The van der Waals surface area contributed by atoms with Gasteiger partial charge < -0.3 is 63.5 Å². The molecule has 21 heteroatoms. The molecule has 0 spiro atoms. The van der Waals surface area contributed by atoms with Crippen LogP contribution in [0.25, 0.3) is 6.08 Å². The van der Waals surface area contributed by atoms with Crippen molar-refractivity contribution in [2.45, 2.75) is 44.9 Å². The standard InChI is InChI=1S/C45H69F3N4O13S/c1-52(35-36-4-5-37(39(31-36)45(46,47)48)34-50-8-2-3-41(53)38-32-42-40(7-30-66-42)51-43(49)33-38)9-11-57-13-15-59-17-19-61-21-23-63-25-27-65-29-28-64-26-24-62-22-20-60-18-16-58-14-12-56-10-6-44(54)55/h4-5,7,30-32,50H,2-3,6,8-29,33-35H2,1H3,(H2,49,51)(H,54,55). The summed E-state index contributed by atoms with van der Waals surface area (Å²) in [7, 11) is 1.83. The number of nitrogens with two attached hydrogens (primary N) is 1. The van der Waals surface area contributed by atoms with Crippen LogP contribution in [0, 0.1) is 0 Å². The minimum atomic E-state index is -4.51. The van der Waals surface area contributed by atoms with Crippen molar-refractivity contribution in [1.29, 1.82) is 0 Å². The Kier molecular flexibility index (Phi) is 30.8. The second-order valence-corrected chi connectivity index (χ2v) is 15.8. The Bertz CT molecular complexity index is 1690. The molecule has 0 saturated heterocycles. The zero-order valence-electron chi connectivity index (χ0n) is 38.1. The number of benzene rings is 1. The third kappa shape index (κ3) is 27.4. The van der Waals surface area contributed by atoms with Crippen LogP contribution in [-0.2, 0) is 76.2 Å². The van der Waals surface area contributed by atoms with E-state index < -0.39 is 17.7 Å². The van der Waals surface area contributed by atoms with Gasteiger partial charge in [-0.1, -0.05) is 12.1 Å². The highest BCUT2D eigenvalue weighted by Gasteiger charge is 2.33. The average Bonchev–Trinajstić information content (AvgIpc) is 3.64. The number of rotatable bonds is 42. The first kappa shape index (κ1) is 56.9. The first-order valence-electron chi connectivity index (χ1n) is 22.2. The normalized spacial score (nSPS) is 12.9. The molecule has 17 nitrogen and oxygen atoms in total. The number of hydrogen-bond donors (Lipinski definition) is 3. The fourth-order valence-corrected chi connectivity index (χ4v) is 6.83. The molecule has 0 amide bonds. The number of aliphatic carboxylic acids is 1. The van der Waals surface area contributed by atoms with Crippen molar-refractivity contribution in [3.63, 3.8) is 0 Å². The van der Waals surface area contributed by atoms with Crippen molar-refractivity contribution in [1.82, 2.24) is 10.2 Å². The summed E-state index contributed by atoms with van der Waals surface area (Å²) in [5.41, 5.74) is 7.36. The molecule has 0 unspecified atom stereocenters. The third-order valence-corrected chi connectivity index (χ3v) is 10.3. The smallest absolute Gasteiger partial charge is 0.416 e. The minimum Gasteiger partial charge on any atom is -0.481 e. The van der Waals surface area contributed by atoms with Gasteiger partial charge in [-0.3, -0.25) is 14.5 Å². The van der Waals surface area contributed by atoms with Crippen molar-refractivity contribution < 1.29 is 75.2 Å². The summed E-state index contributed by atoms with van der Waals surface area (Å²) < 4.78 is 96.5. The van der Waals surface area contributed by atoms with Crippen molar-refractivity contribution in [2.24, 2.45) is 10.7 Å². The number of Topliss-reactive ketones (excluding diaryl/α,β-unsaturated/α-hetero) is 1. The van der Waals surface area contributed by atoms with E-state index in [1.807, 2.05) is 29.5 Å². The molecule has 0 saturated carbocycles. The Morgan fingerprint density at radius 1 is 0.727 bits per heavy atom. The predicted molar refractivity (Wildman–Crippen MR) is 242 cm³/mol. The van der Waals surface area contributed by atoms with Crippen LogP contribution in [0.1, 0.15) is 47.3 Å². The summed E-state index contributed by atoms with van der Waals surface area (Å²) in [5.74, 6) is -0.554. The lowest BCUT2D eigenvalue weighted by Crippen LogP contribution is -2.24. The van der Waals surface area contributed by atoms with Gasteiger partial charge in [0, 0.05) is 38.0 Å². The van der Waals surface area contributed by atoms with Crippen LogP contribution in [0.2, 0.25) is 0 Å². The van der Waals surface area contributed by atoms with Crippen LogP contribution in [0.4, 0.5) is 18.9 Å². The highest BCUT2D eigenvalue weighted by Crippen LogP contribution is 2.33. The quantitative estimate of drug-likeness (QED) is 0.0770. The Hall–Kier alpha value is -3.42. The predicted octanol–water partition coefficient (Wildman–Crippen LogP) is 4.75. The molecule has 0 radical (unpaired) electrons. The van der Waals surface area contributed by atoms with E-state index in [0.29, 0.717) is 169 Å². The maximum absolute atomic E-state index is 14.0. The molecule has 1 aliphatic heterocycles. The summed E-state index contributed by atoms with van der Waals surface area (Å²) >= 11 is 1.49. The Morgan fingerprint density at radius 2 is 1.21 bits per heavy atom. The topological polar surface area (TPSA) is 200 Å². The van der Waals surface area contributed by atoms with Crippen molar-refractivity contribution >= 4 is 40.7 Å². The van der Waals surface area contributed by atoms with E-state index in [9.17, 15) is 22.8 Å². The lowest BCUT2D eigenvalue weighted by Gasteiger charge is -2.19. The molecule has 3 rings (SSSR count). The van der Waals surface area contributed by atoms with Gasteiger partial charge in [0.25, 0.3) is 0 Å². The number of alkyl halides is 3. The molecule has 1 aromatic carbocycles. The number of likely N-dealkylation sites (N-methyl/N-ethyl adjacent to an activating group) is 1. The van der Waals surface area contributed by atoms with Gasteiger partial charge >= 0.3 is 12.1 Å². The number of ketones is 1. The molecular formula is C45H69F3N4O13S. The van der Waals surface area contributed by atoms with Gasteiger partial charge in [-0.2, -0.15) is 13.2 Å². The molecule has 0 atom stereocenters. The molecule has 1 aromatic heterocycles. The first-order chi connectivity index (χ1) is 32.0. The summed E-state index contributed by atoms with van der Waals surface area (Å²) in [5, 5.41) is 13.5. The van der Waals surface area contributed by atoms with Crippen LogP contribution in [0.15, 0.2) is 40.2 Å². The van der Waals surface area contributed by atoms with E-state index in [0.717, 1.165) is 10.6 Å². The maximum Gasteiger partial charge on any atom is 0.416 e. The SMILES string of the molecule is CN(CCOCCOCCOCCOCCOCCOCCOCCOCCOCCOCCC(=O)O)Cc1ccc(CNCCCC(=O)C2=Cc3sccc3N=C(N)C2)c(C(F)(F)F)c1. The third-order valence-electron chi connectivity index (χ3n) is 9.40. The number of aliphatic imine (C=N–C) groups is 1. The number of hydrogen-bond acceptors (Lipinski definition) is 17. The molecule has 4 N–H and O–H groups in total. The van der Waals surface area contributed by atoms with E-state index in [-0.39, 0.29) is 43.8 Å². The number of carbonyl (C=O) groups excluding carboxylic acids is 1. The van der Waals surface area contributed by atoms with Gasteiger partial charge in [-0.25, -0.2) is 4.99 Å². The first-order valence-corrected chi connectivity index (χ1v) is 23.1. The molecule has 1 aliphatic rings. The van der Waals surface area contributed by atoms with Gasteiger partial charge in [0.05, 0.1) is 155 Å². The molecule has 66 heavy (non-hydrogen) atoms. The number of nitrogens with zero attached hydrogens (tertiary/aromatic N) is 2. The van der Waals surface area contributed by atoms with Gasteiger partial charge in [0.2, 0.25) is 0 Å². The number of carboxylic acids is 1. The molecule has 0 aliphatic carbocycles. The Balaban J connectivity index is 1.07. The number of amidine groups is 1. The summed E-state index contributed by atoms with van der Waals surface area (Å²) in [6, 6.07) is 6.29. The number of fused-ring (bicyclic) bond motifs is 1. The Labute approximate surface area is 390 Å². The van der Waals surface area contributed by atoms with E-state index in [4.69, 9.17) is 58.2 Å². The van der Waals surface area contributed by atoms with E-state index in [1.54, 1.807) is 6.07 Å². The van der Waals surface area contributed by atoms with Crippen LogP contribution < -0.4 is 11.1 Å². The molecule has 0 fully saturated rings. The van der Waals surface area contributed by atoms with Gasteiger partial charge in [-0.15, -0.1) is 11.3 Å². The average molecular weight is 963 g/mol. The summed E-state index contributed by atoms with van der Waals surface area (Å²) in [4.78, 5) is 30.4. The second-order valence-electron chi connectivity index (χ2n) is 14.8. The minimum absolute atomic E-state index is 0.0185. The lowest BCUT2D eigenvalue weighted by molar-refractivity contribution is -0.139. The van der Waals surface area contributed by atoms with Gasteiger partial charge in [0.1, 0.15) is 5.84 Å². The second kappa shape index (κ2) is 35.7. The fourth-order valence-electron chi connectivity index (χ4n) is 6.04. The van der Waals surface area contributed by atoms with E-state index in [1.165, 1.54) is 23.5 Å². The van der Waals surface area contributed by atoms with Crippen LogP contribution in [0.3, 0.4) is 0 Å². The van der Waals surface area contributed by atoms with Crippen LogP contribution in [0.5, 0.6) is 0 Å².